The number of carbonyl (C=O) groups is 3. The molecular formula is C23H26N6O9. The second-order valence-corrected chi connectivity index (χ2v) is 8.44. The molecule has 38 heavy (non-hydrogen) atoms. The second kappa shape index (κ2) is 11.5. The smallest absolute Gasteiger partial charge is 0.336 e. The van der Waals surface area contributed by atoms with Gasteiger partial charge in [0.1, 0.15) is 6.61 Å². The summed E-state index contributed by atoms with van der Waals surface area (Å²) >= 11 is 0. The highest BCUT2D eigenvalue weighted by molar-refractivity contribution is 5.99. The van der Waals surface area contributed by atoms with Crippen LogP contribution in [0.25, 0.3) is 0 Å². The van der Waals surface area contributed by atoms with Crippen LogP contribution < -0.4 is 16.0 Å². The maximum atomic E-state index is 13.3. The van der Waals surface area contributed by atoms with Crippen LogP contribution in [0.3, 0.4) is 0 Å². The number of carbonyl (C=O) groups excluding carboxylic acids is 3. The molecule has 3 N–H and O–H groups in total. The number of hydrogen-bond acceptors (Lipinski definition) is 12. The molecule has 0 fully saturated rings. The summed E-state index contributed by atoms with van der Waals surface area (Å²) in [5, 5.41) is 29.4. The standard InChI is InChI=1S/C23H26N6O9/c1-12-17(22(31)36-4)19(14-6-5-7-15(10-14)28(33)34)18(13(2)25-12)23(32)37-9-8-27(3)11-16-20(21(24)30)29(35)38-26-16/h5-7,10,19,25H,8-9,11H2,1-4H3,(H2,24,30). The number of nitrogens with zero attached hydrogens (tertiary/aromatic N) is 4. The summed E-state index contributed by atoms with van der Waals surface area (Å²) in [5.41, 5.74) is 5.91. The topological polar surface area (TPSA) is 207 Å². The minimum absolute atomic E-state index is 0.00255. The Bertz CT molecular complexity index is 1350. The van der Waals surface area contributed by atoms with Crippen LogP contribution in [0.15, 0.2) is 51.4 Å². The van der Waals surface area contributed by atoms with Crippen LogP contribution in [0.5, 0.6) is 0 Å². The predicted molar refractivity (Wildman–Crippen MR) is 128 cm³/mol. The maximum absolute atomic E-state index is 13.3. The van der Waals surface area contributed by atoms with Crippen molar-refractivity contribution in [3.05, 3.63) is 79.1 Å². The van der Waals surface area contributed by atoms with Crippen LogP contribution in [-0.4, -0.2) is 60.1 Å². The summed E-state index contributed by atoms with van der Waals surface area (Å²) in [6, 6.07) is 5.63. The van der Waals surface area contributed by atoms with Crippen molar-refractivity contribution in [1.82, 2.24) is 15.4 Å². The highest BCUT2D eigenvalue weighted by atomic mass is 16.8. The summed E-state index contributed by atoms with van der Waals surface area (Å²) in [5.74, 6) is -3.46. The summed E-state index contributed by atoms with van der Waals surface area (Å²) in [7, 11) is 2.82. The number of nitro groups is 1. The van der Waals surface area contributed by atoms with Gasteiger partial charge in [-0.25, -0.2) is 9.59 Å². The van der Waals surface area contributed by atoms with E-state index in [1.807, 2.05) is 0 Å². The number of ether oxygens (including phenoxy) is 2. The zero-order valence-corrected chi connectivity index (χ0v) is 21.0. The van der Waals surface area contributed by atoms with Crippen LogP contribution in [0.1, 0.15) is 41.5 Å². The Kier molecular flexibility index (Phi) is 8.42. The number of benzene rings is 1. The van der Waals surface area contributed by atoms with Crippen LogP contribution in [0, 0.1) is 15.3 Å². The zero-order valence-electron chi connectivity index (χ0n) is 21.0. The van der Waals surface area contributed by atoms with E-state index >= 15 is 0 Å². The molecule has 1 aromatic carbocycles. The van der Waals surface area contributed by atoms with Gasteiger partial charge in [0.05, 0.1) is 35.6 Å². The number of allylic oxidation sites excluding steroid dienone is 2. The number of esters is 2. The van der Waals surface area contributed by atoms with E-state index in [9.17, 15) is 29.7 Å². The molecule has 1 aromatic heterocycles. The number of nitrogens with one attached hydrogen (secondary N) is 1. The minimum atomic E-state index is -1.000. The number of hydrogen-bond donors (Lipinski definition) is 2. The number of nitro benzene ring substituents is 1. The summed E-state index contributed by atoms with van der Waals surface area (Å²) in [4.78, 5) is 49.8. The quantitative estimate of drug-likeness (QED) is 0.185. The highest BCUT2D eigenvalue weighted by Gasteiger charge is 2.38. The molecule has 1 atom stereocenters. The summed E-state index contributed by atoms with van der Waals surface area (Å²) in [6.07, 6.45) is 0. The first-order chi connectivity index (χ1) is 18.0. The van der Waals surface area contributed by atoms with Gasteiger partial charge in [-0.2, -0.15) is 0 Å². The maximum Gasteiger partial charge on any atom is 0.336 e. The molecule has 15 nitrogen and oxygen atoms in total. The zero-order chi connectivity index (χ0) is 28.1. The third-order valence-electron chi connectivity index (χ3n) is 5.84. The molecule has 0 radical (unpaired) electrons. The first-order valence-electron chi connectivity index (χ1n) is 11.2. The van der Waals surface area contributed by atoms with E-state index in [4.69, 9.17) is 15.2 Å². The van der Waals surface area contributed by atoms with Crippen LogP contribution in [0.4, 0.5) is 5.69 Å². The lowest BCUT2D eigenvalue weighted by atomic mass is 9.80. The van der Waals surface area contributed by atoms with Gasteiger partial charge in [0.25, 0.3) is 17.3 Å². The van der Waals surface area contributed by atoms with E-state index in [0.29, 0.717) is 17.0 Å². The number of non-ortho nitro benzene ring substituents is 1. The van der Waals surface area contributed by atoms with Crippen molar-refractivity contribution < 1.29 is 38.3 Å². The Balaban J connectivity index is 1.82. The number of rotatable bonds is 10. The number of primary amides is 1. The van der Waals surface area contributed by atoms with Crippen molar-refractivity contribution in [1.29, 1.82) is 0 Å². The molecule has 0 spiro atoms. The molecule has 1 amide bonds. The molecule has 0 bridgehead atoms. The lowest BCUT2D eigenvalue weighted by Crippen LogP contribution is -2.36. The average Bonchev–Trinajstić information content (AvgIpc) is 3.22. The molecule has 0 aliphatic carbocycles. The highest BCUT2D eigenvalue weighted by Crippen LogP contribution is 2.40. The molecule has 0 saturated carbocycles. The van der Waals surface area contributed by atoms with Gasteiger partial charge in [-0.3, -0.25) is 24.4 Å². The number of methoxy groups -OCH3 is 1. The van der Waals surface area contributed by atoms with E-state index in [-0.39, 0.29) is 47.1 Å². The van der Waals surface area contributed by atoms with Gasteiger partial charge < -0.3 is 25.7 Å². The van der Waals surface area contributed by atoms with Crippen LogP contribution in [-0.2, 0) is 25.6 Å². The molecule has 2 aromatic rings. The molecule has 1 aliphatic rings. The molecule has 1 aliphatic heterocycles. The molecule has 2 heterocycles. The molecular weight excluding hydrogens is 504 g/mol. The van der Waals surface area contributed by atoms with E-state index in [1.165, 1.54) is 25.3 Å². The third-order valence-corrected chi connectivity index (χ3v) is 5.84. The Hall–Kier alpha value is -4.79. The van der Waals surface area contributed by atoms with Crippen molar-refractivity contribution in [2.75, 3.05) is 27.3 Å². The fourth-order valence-corrected chi connectivity index (χ4v) is 4.11. The number of amides is 1. The van der Waals surface area contributed by atoms with E-state index in [2.05, 4.69) is 15.1 Å². The first kappa shape index (κ1) is 27.8. The summed E-state index contributed by atoms with van der Waals surface area (Å²) < 4.78 is 14.8. The van der Waals surface area contributed by atoms with Gasteiger partial charge in [-0.15, -0.1) is 0 Å². The van der Waals surface area contributed by atoms with E-state index in [1.54, 1.807) is 31.9 Å². The molecule has 3 rings (SSSR count). The molecule has 202 valence electrons. The molecule has 0 saturated heterocycles. The van der Waals surface area contributed by atoms with Gasteiger partial charge in [0.15, 0.2) is 0 Å². The van der Waals surface area contributed by atoms with Crippen molar-refractivity contribution in [3.8, 4) is 0 Å². The predicted octanol–water partition coefficient (Wildman–Crippen LogP) is 0.398. The number of likely N-dealkylation sites (N-methyl/N-ethyl adjacent to an activating group) is 1. The number of dihydropyridines is 1. The van der Waals surface area contributed by atoms with Crippen LogP contribution >= 0.6 is 0 Å². The Morgan fingerprint density at radius 2 is 1.89 bits per heavy atom. The Morgan fingerprint density at radius 3 is 2.50 bits per heavy atom. The van der Waals surface area contributed by atoms with Crippen molar-refractivity contribution in [2.24, 2.45) is 5.73 Å². The fraction of sp³-hybridized carbons (Fsp3) is 0.348. The Labute approximate surface area is 216 Å². The number of nitrogens with two attached hydrogens (primary N) is 1. The third kappa shape index (κ3) is 5.78. The second-order valence-electron chi connectivity index (χ2n) is 8.44. The SMILES string of the molecule is COC(=O)C1=C(C)NC(C)=C(C(=O)OCCN(C)Cc2no[n+]([O-])c2C(N)=O)C1c1cccc([N+](=O)[O-])c1. The number of aromatic nitrogens is 2. The minimum Gasteiger partial charge on any atom is -0.466 e. The van der Waals surface area contributed by atoms with Gasteiger partial charge in [-0.05, 0) is 31.4 Å². The van der Waals surface area contributed by atoms with Crippen molar-refractivity contribution in [2.45, 2.75) is 26.3 Å². The summed E-state index contributed by atoms with van der Waals surface area (Å²) in [6.45, 7) is 3.30. The fourth-order valence-electron chi connectivity index (χ4n) is 4.11. The van der Waals surface area contributed by atoms with Gasteiger partial charge in [-0.1, -0.05) is 12.1 Å². The van der Waals surface area contributed by atoms with E-state index < -0.39 is 34.4 Å². The lowest BCUT2D eigenvalue weighted by Gasteiger charge is -2.30. The van der Waals surface area contributed by atoms with Crippen molar-refractivity contribution in [3.63, 3.8) is 0 Å². The Morgan fingerprint density at radius 1 is 1.24 bits per heavy atom. The monoisotopic (exact) mass is 530 g/mol. The van der Waals surface area contributed by atoms with Gasteiger partial charge in [0.2, 0.25) is 5.69 Å². The largest absolute Gasteiger partial charge is 0.466 e. The van der Waals surface area contributed by atoms with Crippen LogP contribution in [0.2, 0.25) is 0 Å². The van der Waals surface area contributed by atoms with E-state index in [0.717, 1.165) is 0 Å². The average molecular weight is 530 g/mol. The lowest BCUT2D eigenvalue weighted by molar-refractivity contribution is -0.803. The molecule has 1 unspecified atom stereocenters. The van der Waals surface area contributed by atoms with Crippen molar-refractivity contribution >= 4 is 23.5 Å². The van der Waals surface area contributed by atoms with Gasteiger partial charge in [0, 0.05) is 35.2 Å². The first-order valence-corrected chi connectivity index (χ1v) is 11.2. The normalized spacial score (nSPS) is 15.3. The van der Waals surface area contributed by atoms with Gasteiger partial charge >= 0.3 is 11.9 Å². The molecule has 15 heteroatoms.